The maximum atomic E-state index is 5.75. The molecule has 108 valence electrons. The Balaban J connectivity index is 2.40. The fourth-order valence-corrected chi connectivity index (χ4v) is 1.86. The predicted octanol–water partition coefficient (Wildman–Crippen LogP) is 2.23. The van der Waals surface area contributed by atoms with Crippen molar-refractivity contribution in [1.82, 2.24) is 15.0 Å². The highest BCUT2D eigenvalue weighted by Crippen LogP contribution is 2.30. The monoisotopic (exact) mass is 415 g/mol. The van der Waals surface area contributed by atoms with Gasteiger partial charge in [0.2, 0.25) is 11.8 Å². The first-order valence-electron chi connectivity index (χ1n) is 5.52. The summed E-state index contributed by atoms with van der Waals surface area (Å²) in [5, 5.41) is 2.86. The molecule has 0 aliphatic heterocycles. The second-order valence-corrected chi connectivity index (χ2v) is 5.29. The fraction of sp³-hybridized carbons (Fsp3) is 0.0833. The molecule has 0 aliphatic carbocycles. The van der Waals surface area contributed by atoms with Gasteiger partial charge < -0.3 is 20.9 Å². The van der Waals surface area contributed by atoms with E-state index in [2.05, 4.69) is 47.3 Å². The molecule has 2 aromatic heterocycles. The highest BCUT2D eigenvalue weighted by Gasteiger charge is 2.10. The lowest BCUT2D eigenvalue weighted by molar-refractivity contribution is 0.392. The number of rotatable bonds is 3. The van der Waals surface area contributed by atoms with Crippen molar-refractivity contribution < 1.29 is 9.47 Å². The molecule has 2 aromatic rings. The molecule has 0 atom stereocenters. The Hall–Kier alpha value is -1.93. The number of nitrogens with two attached hydrogens (primary N) is 2. The molecule has 4 N–H and O–H groups in total. The first-order valence-corrected chi connectivity index (χ1v) is 8.88. The van der Waals surface area contributed by atoms with Crippen molar-refractivity contribution in [2.75, 3.05) is 18.6 Å². The van der Waals surface area contributed by atoms with Gasteiger partial charge in [0.15, 0.2) is 11.6 Å². The van der Waals surface area contributed by atoms with E-state index >= 15 is 0 Å². The molecule has 0 saturated carbocycles. The number of pyridine rings is 1. The molecule has 0 spiro atoms. The lowest BCUT2D eigenvalue weighted by atomic mass is 10.2. The zero-order chi connectivity index (χ0) is 15.2. The fourth-order valence-electron chi connectivity index (χ4n) is 1.38. The number of nitrogen functional groups attached to an aromatic ring is 2. The summed E-state index contributed by atoms with van der Waals surface area (Å²) in [4.78, 5) is 11.8. The van der Waals surface area contributed by atoms with Crippen LogP contribution in [-0.4, -0.2) is 22.1 Å². The van der Waals surface area contributed by atoms with Gasteiger partial charge in [-0.2, -0.15) is 4.98 Å². The van der Waals surface area contributed by atoms with Crippen LogP contribution in [0.1, 0.15) is 5.56 Å². The van der Waals surface area contributed by atoms with Crippen LogP contribution in [0.2, 0.25) is 0 Å². The smallest absolute Gasteiger partial charge is 0.222 e. The molecule has 0 aromatic carbocycles. The van der Waals surface area contributed by atoms with Crippen molar-refractivity contribution in [1.29, 1.82) is 0 Å². The number of halogens is 1. The van der Waals surface area contributed by atoms with Gasteiger partial charge in [0, 0.05) is 27.3 Å². The SMILES string of the molecule is COc1cc(Oc2cnc(N)nc2N)c(C#CSI)cn1. The molecule has 0 aliphatic rings. The molecule has 0 radical (unpaired) electrons. The summed E-state index contributed by atoms with van der Waals surface area (Å²) in [6.07, 6.45) is 2.96. The standard InChI is InChI=1S/C12H10IN5O2S/c1-19-10-4-8(7(5-16-10)2-3-21-13)20-9-6-17-12(15)18-11(9)14/h4-6H,1H3,(H4,14,15,17,18). The van der Waals surface area contributed by atoms with Crippen LogP contribution in [-0.2, 0) is 0 Å². The maximum absolute atomic E-state index is 5.75. The molecular weight excluding hydrogens is 405 g/mol. The van der Waals surface area contributed by atoms with Crippen molar-refractivity contribution in [2.24, 2.45) is 0 Å². The van der Waals surface area contributed by atoms with Crippen LogP contribution in [0.4, 0.5) is 11.8 Å². The first kappa shape index (κ1) is 15.5. The van der Waals surface area contributed by atoms with Gasteiger partial charge in [0.05, 0.1) is 25.1 Å². The summed E-state index contributed by atoms with van der Waals surface area (Å²) in [7, 11) is 2.87. The number of ether oxygens (including phenoxy) is 2. The average Bonchev–Trinajstić information content (AvgIpc) is 2.48. The van der Waals surface area contributed by atoms with E-state index < -0.39 is 0 Å². The quantitative estimate of drug-likeness (QED) is 0.581. The molecule has 7 nitrogen and oxygen atoms in total. The van der Waals surface area contributed by atoms with Gasteiger partial charge in [-0.25, -0.2) is 9.97 Å². The maximum Gasteiger partial charge on any atom is 0.222 e. The number of anilines is 2. The van der Waals surface area contributed by atoms with Gasteiger partial charge in [-0.1, -0.05) is 0 Å². The normalized spacial score (nSPS) is 9.62. The van der Waals surface area contributed by atoms with Crippen LogP contribution in [0.3, 0.4) is 0 Å². The molecule has 0 bridgehead atoms. The van der Waals surface area contributed by atoms with Gasteiger partial charge in [0.25, 0.3) is 0 Å². The topological polar surface area (TPSA) is 109 Å². The van der Waals surface area contributed by atoms with E-state index in [0.29, 0.717) is 17.2 Å². The molecule has 2 rings (SSSR count). The van der Waals surface area contributed by atoms with Gasteiger partial charge in [-0.05, 0) is 20.1 Å². The Morgan fingerprint density at radius 3 is 2.71 bits per heavy atom. The average molecular weight is 415 g/mol. The molecule has 21 heavy (non-hydrogen) atoms. The molecule has 0 saturated heterocycles. The van der Waals surface area contributed by atoms with Crippen molar-refractivity contribution in [3.63, 3.8) is 0 Å². The summed E-state index contributed by atoms with van der Waals surface area (Å²) in [5.41, 5.74) is 11.8. The Morgan fingerprint density at radius 1 is 1.24 bits per heavy atom. The van der Waals surface area contributed by atoms with Crippen molar-refractivity contribution in [2.45, 2.75) is 0 Å². The Labute approximate surface area is 137 Å². The predicted molar refractivity (Wildman–Crippen MR) is 90.2 cm³/mol. The van der Waals surface area contributed by atoms with Crippen LogP contribution in [0.15, 0.2) is 18.5 Å². The van der Waals surface area contributed by atoms with Crippen LogP contribution < -0.4 is 20.9 Å². The highest BCUT2D eigenvalue weighted by atomic mass is 127. The number of hydrogen-bond donors (Lipinski definition) is 2. The summed E-state index contributed by atoms with van der Waals surface area (Å²) in [5.74, 6) is 4.26. The molecule has 0 fully saturated rings. The third kappa shape index (κ3) is 4.02. The first-order chi connectivity index (χ1) is 10.1. The van der Waals surface area contributed by atoms with Crippen LogP contribution in [0.25, 0.3) is 0 Å². The second kappa shape index (κ2) is 7.19. The summed E-state index contributed by atoms with van der Waals surface area (Å²) < 4.78 is 10.8. The van der Waals surface area contributed by atoms with E-state index in [4.69, 9.17) is 20.9 Å². The molecule has 9 heteroatoms. The van der Waals surface area contributed by atoms with E-state index in [1.165, 1.54) is 22.2 Å². The second-order valence-electron chi connectivity index (χ2n) is 3.61. The van der Waals surface area contributed by atoms with Crippen molar-refractivity contribution in [3.8, 4) is 28.6 Å². The zero-order valence-electron chi connectivity index (χ0n) is 10.8. The molecular formula is C12H10IN5O2S. The summed E-state index contributed by atoms with van der Waals surface area (Å²) in [6, 6.07) is 1.61. The lowest BCUT2D eigenvalue weighted by Crippen LogP contribution is -2.02. The number of methoxy groups -OCH3 is 1. The molecule has 0 unspecified atom stereocenters. The van der Waals surface area contributed by atoms with Gasteiger partial charge in [0.1, 0.15) is 5.75 Å². The number of nitrogens with zero attached hydrogens (tertiary/aromatic N) is 3. The summed E-state index contributed by atoms with van der Waals surface area (Å²) in [6.45, 7) is 0. The highest BCUT2D eigenvalue weighted by molar-refractivity contribution is 14.2. The van der Waals surface area contributed by atoms with E-state index in [-0.39, 0.29) is 17.5 Å². The Morgan fingerprint density at radius 2 is 2.05 bits per heavy atom. The molecule has 0 amide bonds. The Kier molecular flexibility index (Phi) is 5.29. The van der Waals surface area contributed by atoms with E-state index in [1.54, 1.807) is 12.3 Å². The lowest BCUT2D eigenvalue weighted by Gasteiger charge is -2.10. The minimum Gasteiger partial charge on any atom is -0.481 e. The van der Waals surface area contributed by atoms with Crippen molar-refractivity contribution >= 4 is 41.9 Å². The third-order valence-corrected chi connectivity index (χ3v) is 3.14. The van der Waals surface area contributed by atoms with Gasteiger partial charge in [-0.15, -0.1) is 0 Å². The largest absolute Gasteiger partial charge is 0.481 e. The van der Waals surface area contributed by atoms with Crippen LogP contribution in [0, 0.1) is 11.2 Å². The minimum absolute atomic E-state index is 0.0773. The Bertz CT molecular complexity index is 717. The third-order valence-electron chi connectivity index (χ3n) is 2.30. The van der Waals surface area contributed by atoms with E-state index in [9.17, 15) is 0 Å². The van der Waals surface area contributed by atoms with Gasteiger partial charge in [-0.3, -0.25) is 0 Å². The zero-order valence-corrected chi connectivity index (χ0v) is 13.8. The molecule has 2 heterocycles. The van der Waals surface area contributed by atoms with E-state index in [1.807, 2.05) is 0 Å². The minimum atomic E-state index is 0.0773. The van der Waals surface area contributed by atoms with Crippen molar-refractivity contribution in [3.05, 3.63) is 24.0 Å². The van der Waals surface area contributed by atoms with Crippen LogP contribution >= 0.6 is 30.1 Å². The number of hydrogen-bond acceptors (Lipinski definition) is 8. The summed E-state index contributed by atoms with van der Waals surface area (Å²) >= 11 is 2.08. The van der Waals surface area contributed by atoms with Gasteiger partial charge >= 0.3 is 0 Å². The van der Waals surface area contributed by atoms with Crippen LogP contribution in [0.5, 0.6) is 17.4 Å². The van der Waals surface area contributed by atoms with E-state index in [0.717, 1.165) is 0 Å². The number of aromatic nitrogens is 3.